The fraction of sp³-hybridized carbons (Fsp3) is 0.455. The summed E-state index contributed by atoms with van der Waals surface area (Å²) in [6, 6.07) is 0. The van der Waals surface area contributed by atoms with Gasteiger partial charge in [0.05, 0.1) is 19.1 Å². The van der Waals surface area contributed by atoms with Crippen LogP contribution in [0, 0.1) is 6.92 Å². The van der Waals surface area contributed by atoms with E-state index >= 15 is 0 Å². The van der Waals surface area contributed by atoms with Gasteiger partial charge in [-0.2, -0.15) is 13.2 Å². The van der Waals surface area contributed by atoms with E-state index in [1.165, 1.54) is 6.92 Å². The SMILES string of the molecule is COC(=O)Cc1c(C)cnc(C(F)F)c1C(F)(F)F. The number of carbonyl (C=O) groups excluding carboxylic acids is 1. The standard InChI is InChI=1S/C11H10F5NO2/c1-5-4-17-9(10(12)13)8(11(14,15)16)6(5)3-7(18)19-2/h4,10H,3H2,1-2H3. The number of hydrogen-bond acceptors (Lipinski definition) is 3. The van der Waals surface area contributed by atoms with Crippen LogP contribution in [0.1, 0.15) is 28.8 Å². The summed E-state index contributed by atoms with van der Waals surface area (Å²) in [5.74, 6) is -0.944. The highest BCUT2D eigenvalue weighted by Crippen LogP contribution is 2.38. The van der Waals surface area contributed by atoms with Crippen LogP contribution < -0.4 is 0 Å². The van der Waals surface area contributed by atoms with E-state index in [0.717, 1.165) is 13.3 Å². The number of aromatic nitrogens is 1. The average Bonchev–Trinajstić information content (AvgIpc) is 2.29. The Balaban J connectivity index is 3.49. The highest BCUT2D eigenvalue weighted by Gasteiger charge is 2.40. The number of rotatable bonds is 3. The average molecular weight is 283 g/mol. The molecule has 1 aromatic rings. The fourth-order valence-corrected chi connectivity index (χ4v) is 1.59. The number of halogens is 5. The van der Waals surface area contributed by atoms with E-state index in [0.29, 0.717) is 0 Å². The van der Waals surface area contributed by atoms with Crippen LogP contribution in [0.15, 0.2) is 6.20 Å². The Morgan fingerprint density at radius 3 is 2.42 bits per heavy atom. The molecule has 0 radical (unpaired) electrons. The minimum atomic E-state index is -5.02. The molecule has 0 spiro atoms. The van der Waals surface area contributed by atoms with Gasteiger partial charge in [0.15, 0.2) is 0 Å². The molecular weight excluding hydrogens is 273 g/mol. The van der Waals surface area contributed by atoms with E-state index in [2.05, 4.69) is 9.72 Å². The molecule has 1 heterocycles. The molecule has 19 heavy (non-hydrogen) atoms. The molecule has 0 saturated carbocycles. The van der Waals surface area contributed by atoms with Gasteiger partial charge in [0.2, 0.25) is 0 Å². The van der Waals surface area contributed by atoms with E-state index in [4.69, 9.17) is 0 Å². The normalized spacial score (nSPS) is 11.8. The van der Waals surface area contributed by atoms with E-state index in [-0.39, 0.29) is 5.56 Å². The van der Waals surface area contributed by atoms with Crippen molar-refractivity contribution in [1.82, 2.24) is 4.98 Å². The molecule has 0 aliphatic heterocycles. The Hall–Kier alpha value is -1.73. The van der Waals surface area contributed by atoms with E-state index in [1.54, 1.807) is 0 Å². The number of pyridine rings is 1. The van der Waals surface area contributed by atoms with Crippen LogP contribution in [0.4, 0.5) is 22.0 Å². The van der Waals surface area contributed by atoms with Crippen molar-refractivity contribution < 1.29 is 31.5 Å². The lowest BCUT2D eigenvalue weighted by molar-refractivity contribution is -0.142. The third kappa shape index (κ3) is 3.39. The van der Waals surface area contributed by atoms with Crippen molar-refractivity contribution in [2.75, 3.05) is 7.11 Å². The summed E-state index contributed by atoms with van der Waals surface area (Å²) in [5, 5.41) is 0. The first-order valence-corrected chi connectivity index (χ1v) is 5.09. The second-order valence-electron chi connectivity index (χ2n) is 3.73. The topological polar surface area (TPSA) is 39.2 Å². The molecule has 1 aromatic heterocycles. The maximum Gasteiger partial charge on any atom is 0.418 e. The van der Waals surface area contributed by atoms with Gasteiger partial charge in [-0.1, -0.05) is 0 Å². The smallest absolute Gasteiger partial charge is 0.418 e. The maximum atomic E-state index is 12.9. The van der Waals surface area contributed by atoms with Crippen molar-refractivity contribution in [3.8, 4) is 0 Å². The first-order valence-electron chi connectivity index (χ1n) is 5.09. The van der Waals surface area contributed by atoms with Gasteiger partial charge in [-0.3, -0.25) is 9.78 Å². The van der Waals surface area contributed by atoms with Gasteiger partial charge in [0, 0.05) is 6.20 Å². The zero-order valence-electron chi connectivity index (χ0n) is 10.0. The molecule has 0 aromatic carbocycles. The van der Waals surface area contributed by atoms with Crippen LogP contribution in [0.3, 0.4) is 0 Å². The van der Waals surface area contributed by atoms with Gasteiger partial charge in [0.25, 0.3) is 6.43 Å². The van der Waals surface area contributed by atoms with Crippen LogP contribution >= 0.6 is 0 Å². The van der Waals surface area contributed by atoms with Crippen LogP contribution in [0.25, 0.3) is 0 Å². The van der Waals surface area contributed by atoms with Gasteiger partial charge in [0.1, 0.15) is 5.69 Å². The third-order valence-corrected chi connectivity index (χ3v) is 2.47. The predicted octanol–water partition coefficient (Wildman–Crippen LogP) is 3.06. The first kappa shape index (κ1) is 15.3. The molecule has 0 aliphatic carbocycles. The lowest BCUT2D eigenvalue weighted by Crippen LogP contribution is -2.19. The van der Waals surface area contributed by atoms with Crippen molar-refractivity contribution in [1.29, 1.82) is 0 Å². The zero-order chi connectivity index (χ0) is 14.8. The molecular formula is C11H10F5NO2. The van der Waals surface area contributed by atoms with Gasteiger partial charge in [-0.05, 0) is 18.1 Å². The molecule has 0 N–H and O–H groups in total. The summed E-state index contributed by atoms with van der Waals surface area (Å²) < 4.78 is 68.1. The minimum Gasteiger partial charge on any atom is -0.469 e. The van der Waals surface area contributed by atoms with E-state index in [1.807, 2.05) is 0 Å². The van der Waals surface area contributed by atoms with E-state index < -0.39 is 41.8 Å². The molecule has 0 aliphatic rings. The van der Waals surface area contributed by atoms with Gasteiger partial charge in [-0.25, -0.2) is 8.78 Å². The number of methoxy groups -OCH3 is 1. The van der Waals surface area contributed by atoms with Crippen molar-refractivity contribution in [3.05, 3.63) is 28.6 Å². The number of nitrogens with zero attached hydrogens (tertiary/aromatic N) is 1. The summed E-state index contributed by atoms with van der Waals surface area (Å²) in [7, 11) is 1.00. The largest absolute Gasteiger partial charge is 0.469 e. The molecule has 106 valence electrons. The molecule has 1 rings (SSSR count). The molecule has 0 fully saturated rings. The number of esters is 1. The van der Waals surface area contributed by atoms with Crippen LogP contribution in [0.2, 0.25) is 0 Å². The van der Waals surface area contributed by atoms with Gasteiger partial charge in [-0.15, -0.1) is 0 Å². The fourth-order valence-electron chi connectivity index (χ4n) is 1.59. The number of alkyl halides is 5. The third-order valence-electron chi connectivity index (χ3n) is 2.47. The summed E-state index contributed by atoms with van der Waals surface area (Å²) in [4.78, 5) is 14.2. The summed E-state index contributed by atoms with van der Waals surface area (Å²) in [6.07, 6.45) is -8.25. The summed E-state index contributed by atoms with van der Waals surface area (Å²) in [6.45, 7) is 1.26. The molecule has 8 heteroatoms. The molecule has 0 amide bonds. The molecule has 0 atom stereocenters. The van der Waals surface area contributed by atoms with Crippen LogP contribution in [-0.4, -0.2) is 18.1 Å². The molecule has 0 bridgehead atoms. The van der Waals surface area contributed by atoms with Gasteiger partial charge >= 0.3 is 12.1 Å². The lowest BCUT2D eigenvalue weighted by Gasteiger charge is -2.17. The Morgan fingerprint density at radius 1 is 1.42 bits per heavy atom. The maximum absolute atomic E-state index is 12.9. The van der Waals surface area contributed by atoms with Crippen molar-refractivity contribution in [2.45, 2.75) is 25.9 Å². The monoisotopic (exact) mass is 283 g/mol. The lowest BCUT2D eigenvalue weighted by atomic mass is 9.98. The second-order valence-corrected chi connectivity index (χ2v) is 3.73. The number of aryl methyl sites for hydroxylation is 1. The highest BCUT2D eigenvalue weighted by molar-refractivity contribution is 5.73. The first-order chi connectivity index (χ1) is 8.68. The predicted molar refractivity (Wildman–Crippen MR) is 54.7 cm³/mol. The second kappa shape index (κ2) is 5.50. The zero-order valence-corrected chi connectivity index (χ0v) is 10.0. The van der Waals surface area contributed by atoms with Crippen molar-refractivity contribution in [2.24, 2.45) is 0 Å². The Kier molecular flexibility index (Phi) is 4.43. The number of carbonyl (C=O) groups is 1. The van der Waals surface area contributed by atoms with Crippen molar-refractivity contribution in [3.63, 3.8) is 0 Å². The summed E-state index contributed by atoms with van der Waals surface area (Å²) in [5.41, 5.74) is -3.48. The van der Waals surface area contributed by atoms with Gasteiger partial charge < -0.3 is 4.74 Å². The number of hydrogen-bond donors (Lipinski definition) is 0. The summed E-state index contributed by atoms with van der Waals surface area (Å²) >= 11 is 0. The Morgan fingerprint density at radius 2 is 2.00 bits per heavy atom. The quantitative estimate of drug-likeness (QED) is 0.632. The highest BCUT2D eigenvalue weighted by atomic mass is 19.4. The molecule has 3 nitrogen and oxygen atoms in total. The van der Waals surface area contributed by atoms with Crippen molar-refractivity contribution >= 4 is 5.97 Å². The molecule has 0 unspecified atom stereocenters. The Labute approximate surface area is 105 Å². The van der Waals surface area contributed by atoms with E-state index in [9.17, 15) is 26.7 Å². The minimum absolute atomic E-state index is 0.00197. The Bertz CT molecular complexity index is 485. The van der Waals surface area contributed by atoms with Crippen LogP contribution in [-0.2, 0) is 22.1 Å². The molecule has 0 saturated heterocycles. The number of ether oxygens (including phenoxy) is 1. The van der Waals surface area contributed by atoms with Crippen LogP contribution in [0.5, 0.6) is 0 Å².